The van der Waals surface area contributed by atoms with E-state index in [1.165, 1.54) is 5.56 Å². The molecule has 0 unspecified atom stereocenters. The van der Waals surface area contributed by atoms with E-state index in [-0.39, 0.29) is 0 Å². The van der Waals surface area contributed by atoms with Gasteiger partial charge in [-0.05, 0) is 30.0 Å². The lowest BCUT2D eigenvalue weighted by Crippen LogP contribution is -2.52. The number of ether oxygens (including phenoxy) is 1. The largest absolute Gasteiger partial charge is 0.496 e. The van der Waals surface area contributed by atoms with E-state index in [0.29, 0.717) is 26.2 Å². The first-order valence-electron chi connectivity index (χ1n) is 10.3. The van der Waals surface area contributed by atoms with E-state index in [1.54, 1.807) is 15.7 Å². The highest BCUT2D eigenvalue weighted by molar-refractivity contribution is 7.86. The van der Waals surface area contributed by atoms with Gasteiger partial charge in [0.15, 0.2) is 0 Å². The molecule has 0 atom stereocenters. The zero-order valence-electron chi connectivity index (χ0n) is 17.0. The van der Waals surface area contributed by atoms with E-state index in [4.69, 9.17) is 4.74 Å². The topological polar surface area (TPSA) is 53.1 Å². The molecule has 7 heteroatoms. The standard InChI is InChI=1S/C22H29N3O3S/c1-28-22-11-5-4-10-21(22)20-9-3-2-8-19(20)18-23-14-16-25(17-15-23)29(26,27)24-12-6-7-13-24/h2-5,8-11H,6-7,12-18H2,1H3. The van der Waals surface area contributed by atoms with Crippen LogP contribution in [0.2, 0.25) is 0 Å². The molecule has 0 amide bonds. The van der Waals surface area contributed by atoms with Crippen molar-refractivity contribution in [2.45, 2.75) is 19.4 Å². The second-order valence-corrected chi connectivity index (χ2v) is 9.58. The summed E-state index contributed by atoms with van der Waals surface area (Å²) in [6, 6.07) is 16.4. The molecule has 0 spiro atoms. The molecule has 0 radical (unpaired) electrons. The quantitative estimate of drug-likeness (QED) is 0.728. The van der Waals surface area contributed by atoms with Crippen molar-refractivity contribution >= 4 is 10.2 Å². The number of piperazine rings is 1. The Hall–Kier alpha value is -1.93. The number of nitrogens with zero attached hydrogens (tertiary/aromatic N) is 3. The van der Waals surface area contributed by atoms with Gasteiger partial charge in [0, 0.05) is 51.4 Å². The minimum absolute atomic E-state index is 0.551. The van der Waals surface area contributed by atoms with Crippen molar-refractivity contribution in [2.75, 3.05) is 46.4 Å². The summed E-state index contributed by atoms with van der Waals surface area (Å²) in [7, 11) is -1.60. The third-order valence-electron chi connectivity index (χ3n) is 5.86. The Labute approximate surface area is 173 Å². The molecule has 2 saturated heterocycles. The van der Waals surface area contributed by atoms with Crippen LogP contribution in [0.4, 0.5) is 0 Å². The van der Waals surface area contributed by atoms with Crippen molar-refractivity contribution in [3.05, 3.63) is 54.1 Å². The molecule has 2 heterocycles. The maximum Gasteiger partial charge on any atom is 0.282 e. The zero-order chi connectivity index (χ0) is 20.3. The first kappa shape index (κ1) is 20.3. The third kappa shape index (κ3) is 4.33. The number of benzene rings is 2. The van der Waals surface area contributed by atoms with Gasteiger partial charge in [0.05, 0.1) is 7.11 Å². The Kier molecular flexibility index (Phi) is 6.20. The number of methoxy groups -OCH3 is 1. The van der Waals surface area contributed by atoms with Gasteiger partial charge < -0.3 is 4.74 Å². The average molecular weight is 416 g/mol. The zero-order valence-corrected chi connectivity index (χ0v) is 17.8. The van der Waals surface area contributed by atoms with E-state index in [2.05, 4.69) is 29.2 Å². The maximum atomic E-state index is 12.8. The molecule has 2 aliphatic rings. The van der Waals surface area contributed by atoms with E-state index >= 15 is 0 Å². The minimum atomic E-state index is -3.29. The van der Waals surface area contributed by atoms with Crippen molar-refractivity contribution in [2.24, 2.45) is 0 Å². The molecule has 2 fully saturated rings. The number of rotatable bonds is 6. The molecular formula is C22H29N3O3S. The Morgan fingerprint density at radius 1 is 0.793 bits per heavy atom. The molecule has 29 heavy (non-hydrogen) atoms. The number of hydrogen-bond acceptors (Lipinski definition) is 4. The summed E-state index contributed by atoms with van der Waals surface area (Å²) in [4.78, 5) is 2.34. The first-order chi connectivity index (χ1) is 14.1. The molecule has 6 nitrogen and oxygen atoms in total. The lowest BCUT2D eigenvalue weighted by Gasteiger charge is -2.36. The maximum absolute atomic E-state index is 12.8. The fourth-order valence-electron chi connectivity index (χ4n) is 4.23. The first-order valence-corrected chi connectivity index (χ1v) is 11.7. The van der Waals surface area contributed by atoms with Crippen LogP contribution in [-0.2, 0) is 16.8 Å². The fraction of sp³-hybridized carbons (Fsp3) is 0.455. The van der Waals surface area contributed by atoms with E-state index in [1.807, 2.05) is 24.3 Å². The molecule has 2 aliphatic heterocycles. The minimum Gasteiger partial charge on any atom is -0.496 e. The molecule has 0 saturated carbocycles. The normalized spacial score (nSPS) is 19.5. The van der Waals surface area contributed by atoms with E-state index < -0.39 is 10.2 Å². The van der Waals surface area contributed by atoms with E-state index in [0.717, 1.165) is 49.4 Å². The second kappa shape index (κ2) is 8.83. The van der Waals surface area contributed by atoms with Gasteiger partial charge in [-0.25, -0.2) is 0 Å². The Balaban J connectivity index is 1.45. The van der Waals surface area contributed by atoms with Gasteiger partial charge in [0.1, 0.15) is 5.75 Å². The van der Waals surface area contributed by atoms with Crippen LogP contribution >= 0.6 is 0 Å². The predicted molar refractivity (Wildman–Crippen MR) is 115 cm³/mol. The molecule has 2 aromatic rings. The van der Waals surface area contributed by atoms with Crippen molar-refractivity contribution < 1.29 is 13.2 Å². The number of para-hydroxylation sites is 1. The Morgan fingerprint density at radius 3 is 2.07 bits per heavy atom. The SMILES string of the molecule is COc1ccccc1-c1ccccc1CN1CCN(S(=O)(=O)N2CCCC2)CC1. The Morgan fingerprint density at radius 2 is 1.38 bits per heavy atom. The van der Waals surface area contributed by atoms with Gasteiger partial charge >= 0.3 is 0 Å². The Bertz CT molecular complexity index is 934. The van der Waals surface area contributed by atoms with Crippen LogP contribution in [0.25, 0.3) is 11.1 Å². The van der Waals surface area contributed by atoms with Gasteiger partial charge in [-0.2, -0.15) is 17.0 Å². The average Bonchev–Trinajstić information content (AvgIpc) is 3.30. The molecule has 156 valence electrons. The van der Waals surface area contributed by atoms with Crippen LogP contribution < -0.4 is 4.74 Å². The summed E-state index contributed by atoms with van der Waals surface area (Å²) in [5.41, 5.74) is 3.48. The van der Waals surface area contributed by atoms with E-state index in [9.17, 15) is 8.42 Å². The molecule has 0 bridgehead atoms. The smallest absolute Gasteiger partial charge is 0.282 e. The molecule has 0 aromatic heterocycles. The summed E-state index contributed by atoms with van der Waals surface area (Å²) < 4.78 is 34.4. The second-order valence-electron chi connectivity index (χ2n) is 7.65. The van der Waals surface area contributed by atoms with Crippen LogP contribution in [0.3, 0.4) is 0 Å². The van der Waals surface area contributed by atoms with Crippen LogP contribution in [0, 0.1) is 0 Å². The summed E-state index contributed by atoms with van der Waals surface area (Å²) >= 11 is 0. The molecular weight excluding hydrogens is 386 g/mol. The van der Waals surface area contributed by atoms with Crippen molar-refractivity contribution in [1.82, 2.24) is 13.5 Å². The van der Waals surface area contributed by atoms with Gasteiger partial charge in [0.2, 0.25) is 0 Å². The third-order valence-corrected chi connectivity index (χ3v) is 7.89. The highest BCUT2D eigenvalue weighted by atomic mass is 32.2. The van der Waals surface area contributed by atoms with Gasteiger partial charge in [-0.15, -0.1) is 0 Å². The van der Waals surface area contributed by atoms with Gasteiger partial charge in [-0.1, -0.05) is 42.5 Å². The molecule has 2 aromatic carbocycles. The number of hydrogen-bond donors (Lipinski definition) is 0. The monoisotopic (exact) mass is 415 g/mol. The van der Waals surface area contributed by atoms with Crippen molar-refractivity contribution in [1.29, 1.82) is 0 Å². The van der Waals surface area contributed by atoms with Crippen LogP contribution in [-0.4, -0.2) is 68.3 Å². The fourth-order valence-corrected chi connectivity index (χ4v) is 5.90. The highest BCUT2D eigenvalue weighted by Gasteiger charge is 2.33. The molecule has 0 aliphatic carbocycles. The molecule has 0 N–H and O–H groups in total. The van der Waals surface area contributed by atoms with Crippen molar-refractivity contribution in [3.8, 4) is 16.9 Å². The van der Waals surface area contributed by atoms with Crippen LogP contribution in [0.15, 0.2) is 48.5 Å². The summed E-state index contributed by atoms with van der Waals surface area (Å²) in [5.74, 6) is 0.862. The lowest BCUT2D eigenvalue weighted by molar-refractivity contribution is 0.176. The lowest BCUT2D eigenvalue weighted by atomic mass is 9.98. The van der Waals surface area contributed by atoms with Crippen LogP contribution in [0.5, 0.6) is 5.75 Å². The van der Waals surface area contributed by atoms with Gasteiger partial charge in [0.25, 0.3) is 10.2 Å². The predicted octanol–water partition coefficient (Wildman–Crippen LogP) is 2.82. The van der Waals surface area contributed by atoms with Gasteiger partial charge in [-0.3, -0.25) is 4.90 Å². The summed E-state index contributed by atoms with van der Waals surface area (Å²) in [6.07, 6.45) is 1.94. The highest BCUT2D eigenvalue weighted by Crippen LogP contribution is 2.32. The van der Waals surface area contributed by atoms with Crippen LogP contribution in [0.1, 0.15) is 18.4 Å². The molecule has 4 rings (SSSR count). The summed E-state index contributed by atoms with van der Waals surface area (Å²) in [6.45, 7) is 4.71. The van der Waals surface area contributed by atoms with Crippen molar-refractivity contribution in [3.63, 3.8) is 0 Å². The summed E-state index contributed by atoms with van der Waals surface area (Å²) in [5, 5.41) is 0.